The van der Waals surface area contributed by atoms with E-state index in [0.29, 0.717) is 23.1 Å². The van der Waals surface area contributed by atoms with Crippen LogP contribution in [0.4, 0.5) is 17.6 Å². The van der Waals surface area contributed by atoms with Crippen molar-refractivity contribution in [3.05, 3.63) is 52.3 Å². The summed E-state index contributed by atoms with van der Waals surface area (Å²) in [4.78, 5) is 14.7. The van der Waals surface area contributed by atoms with Gasteiger partial charge in [0.05, 0.1) is 0 Å². The molecule has 0 atom stereocenters. The first-order valence-corrected chi connectivity index (χ1v) is 9.80. The van der Waals surface area contributed by atoms with Crippen molar-refractivity contribution in [1.82, 2.24) is 14.7 Å². The van der Waals surface area contributed by atoms with E-state index in [1.54, 1.807) is 6.07 Å². The Hall–Kier alpha value is -2.38. The molecule has 1 aliphatic carbocycles. The molecule has 2 aromatic rings. The van der Waals surface area contributed by atoms with Crippen LogP contribution in [-0.4, -0.2) is 26.6 Å². The van der Waals surface area contributed by atoms with Crippen LogP contribution in [0.3, 0.4) is 0 Å². The van der Waals surface area contributed by atoms with Crippen LogP contribution < -0.4 is 0 Å². The molecule has 0 saturated heterocycles. The summed E-state index contributed by atoms with van der Waals surface area (Å²) in [6.07, 6.45) is 0.113. The lowest BCUT2D eigenvalue weighted by molar-refractivity contribution is 0.0646. The van der Waals surface area contributed by atoms with Crippen LogP contribution in [0.15, 0.2) is 18.2 Å². The number of benzene rings is 1. The Morgan fingerprint density at radius 1 is 1.24 bits per heavy atom. The van der Waals surface area contributed by atoms with Crippen molar-refractivity contribution in [2.75, 3.05) is 0 Å². The van der Waals surface area contributed by atoms with E-state index in [1.165, 1.54) is 24.1 Å². The van der Waals surface area contributed by atoms with Crippen molar-refractivity contribution >= 4 is 5.91 Å². The number of hydrogen-bond donors (Lipinski definition) is 0. The van der Waals surface area contributed by atoms with E-state index >= 15 is 0 Å². The summed E-state index contributed by atoms with van der Waals surface area (Å²) >= 11 is 0. The maximum absolute atomic E-state index is 14.6. The van der Waals surface area contributed by atoms with Crippen molar-refractivity contribution in [1.29, 1.82) is 0 Å². The van der Waals surface area contributed by atoms with Gasteiger partial charge in [-0.3, -0.25) is 4.79 Å². The van der Waals surface area contributed by atoms with Crippen molar-refractivity contribution in [3.8, 4) is 0 Å². The molecule has 1 heterocycles. The second kappa shape index (κ2) is 8.55. The fourth-order valence-electron chi connectivity index (χ4n) is 4.06. The molecule has 4 nitrogen and oxygen atoms in total. The Bertz CT molecular complexity index is 888. The van der Waals surface area contributed by atoms with Gasteiger partial charge in [-0.2, -0.15) is 9.49 Å². The third kappa shape index (κ3) is 4.31. The van der Waals surface area contributed by atoms with E-state index in [0.717, 1.165) is 18.4 Å². The van der Waals surface area contributed by atoms with Gasteiger partial charge in [-0.25, -0.2) is 17.9 Å². The largest absolute Gasteiger partial charge is 0.331 e. The number of alkyl halides is 2. The van der Waals surface area contributed by atoms with Crippen LogP contribution >= 0.6 is 0 Å². The summed E-state index contributed by atoms with van der Waals surface area (Å²) in [5, 5.41) is 3.49. The molecular formula is C21H25F4N3O. The summed E-state index contributed by atoms with van der Waals surface area (Å²) < 4.78 is 55.9. The average Bonchev–Trinajstić information content (AvgIpc) is 3.28. The summed E-state index contributed by atoms with van der Waals surface area (Å²) in [6.45, 7) is 3.94. The van der Waals surface area contributed by atoms with E-state index in [4.69, 9.17) is 0 Å². The second-order valence-corrected chi connectivity index (χ2v) is 7.84. The molecule has 1 fully saturated rings. The van der Waals surface area contributed by atoms with Gasteiger partial charge in [-0.1, -0.05) is 32.8 Å². The smallest absolute Gasteiger partial charge is 0.283 e. The summed E-state index contributed by atoms with van der Waals surface area (Å²) in [6, 6.07) is 4.17. The second-order valence-electron chi connectivity index (χ2n) is 7.84. The monoisotopic (exact) mass is 411 g/mol. The molecule has 0 radical (unpaired) electrons. The fraction of sp³-hybridized carbons (Fsp3) is 0.524. The van der Waals surface area contributed by atoms with Crippen molar-refractivity contribution in [3.63, 3.8) is 0 Å². The highest BCUT2D eigenvalue weighted by Gasteiger charge is 2.35. The molecule has 29 heavy (non-hydrogen) atoms. The zero-order valence-corrected chi connectivity index (χ0v) is 16.8. The Labute approximate surface area is 167 Å². The van der Waals surface area contributed by atoms with Crippen LogP contribution in [0.1, 0.15) is 79.1 Å². The molecule has 1 aromatic carbocycles. The molecule has 1 saturated carbocycles. The maximum Gasteiger partial charge on any atom is 0.283 e. The van der Waals surface area contributed by atoms with Gasteiger partial charge in [0.15, 0.2) is 0 Å². The highest BCUT2D eigenvalue weighted by molar-refractivity contribution is 5.95. The van der Waals surface area contributed by atoms with Gasteiger partial charge in [-0.15, -0.1) is 0 Å². The van der Waals surface area contributed by atoms with Gasteiger partial charge in [0, 0.05) is 19.6 Å². The van der Waals surface area contributed by atoms with Crippen molar-refractivity contribution in [2.24, 2.45) is 7.05 Å². The first-order chi connectivity index (χ1) is 13.7. The van der Waals surface area contributed by atoms with Gasteiger partial charge in [-0.05, 0) is 42.0 Å². The summed E-state index contributed by atoms with van der Waals surface area (Å²) in [5.41, 5.74) is -0.0932. The zero-order chi connectivity index (χ0) is 21.3. The van der Waals surface area contributed by atoms with Gasteiger partial charge >= 0.3 is 0 Å². The number of aryl methyl sites for hydroxylation is 1. The van der Waals surface area contributed by atoms with E-state index in [-0.39, 0.29) is 18.5 Å². The van der Waals surface area contributed by atoms with Crippen LogP contribution in [0, 0.1) is 11.8 Å². The minimum absolute atomic E-state index is 0.0335. The molecule has 0 aliphatic heterocycles. The van der Waals surface area contributed by atoms with E-state index in [9.17, 15) is 22.4 Å². The third-order valence-corrected chi connectivity index (χ3v) is 5.52. The molecule has 3 rings (SSSR count). The van der Waals surface area contributed by atoms with Crippen LogP contribution in [0.2, 0.25) is 0 Å². The zero-order valence-electron chi connectivity index (χ0n) is 16.8. The minimum Gasteiger partial charge on any atom is -0.331 e. The lowest BCUT2D eigenvalue weighted by atomic mass is 9.96. The fourth-order valence-corrected chi connectivity index (χ4v) is 4.06. The molecule has 1 aliphatic rings. The number of carbonyl (C=O) groups is 1. The molecule has 158 valence electrons. The lowest BCUT2D eigenvalue weighted by Crippen LogP contribution is -2.39. The number of hydrogen-bond acceptors (Lipinski definition) is 2. The van der Waals surface area contributed by atoms with Crippen LogP contribution in [0.5, 0.6) is 0 Å². The summed E-state index contributed by atoms with van der Waals surface area (Å²) in [5.74, 6) is -2.27. The molecule has 0 N–H and O–H groups in total. The maximum atomic E-state index is 14.6. The topological polar surface area (TPSA) is 38.1 Å². The number of rotatable bonds is 6. The highest BCUT2D eigenvalue weighted by atomic mass is 19.3. The predicted octanol–water partition coefficient (Wildman–Crippen LogP) is 5.34. The molecular weight excluding hydrogens is 386 g/mol. The SMILES string of the molecule is CC(C)c1ccc(F)cc1CN(C(=O)c1c(C(F)F)nn(C)c1F)C1CCCC1. The van der Waals surface area contributed by atoms with Crippen LogP contribution in [0.25, 0.3) is 0 Å². The molecule has 0 bridgehead atoms. The molecule has 0 unspecified atom stereocenters. The number of carbonyl (C=O) groups excluding carboxylic acids is 1. The van der Waals surface area contributed by atoms with Gasteiger partial charge in [0.25, 0.3) is 12.3 Å². The standard InChI is InChI=1S/C21H25F4N3O/c1-12(2)16-9-8-14(22)10-13(16)11-28(15-6-4-5-7-15)21(29)17-18(19(23)24)26-27(3)20(17)25/h8-10,12,15,19H,4-7,11H2,1-3H3. The normalized spacial score (nSPS) is 14.9. The predicted molar refractivity (Wildman–Crippen MR) is 101 cm³/mol. The lowest BCUT2D eigenvalue weighted by Gasteiger charge is -2.30. The Kier molecular flexibility index (Phi) is 6.29. The van der Waals surface area contributed by atoms with Crippen LogP contribution in [-0.2, 0) is 13.6 Å². The van der Waals surface area contributed by atoms with E-state index < -0.39 is 35.4 Å². The third-order valence-electron chi connectivity index (χ3n) is 5.52. The Morgan fingerprint density at radius 3 is 2.48 bits per heavy atom. The first-order valence-electron chi connectivity index (χ1n) is 9.80. The molecule has 1 amide bonds. The summed E-state index contributed by atoms with van der Waals surface area (Å²) in [7, 11) is 1.18. The van der Waals surface area contributed by atoms with E-state index in [1.807, 2.05) is 13.8 Å². The van der Waals surface area contributed by atoms with Crippen molar-refractivity contribution in [2.45, 2.75) is 64.5 Å². The average molecular weight is 411 g/mol. The minimum atomic E-state index is -3.07. The van der Waals surface area contributed by atoms with Crippen molar-refractivity contribution < 1.29 is 22.4 Å². The number of aromatic nitrogens is 2. The van der Waals surface area contributed by atoms with Gasteiger partial charge in [0.2, 0.25) is 5.95 Å². The Morgan fingerprint density at radius 2 is 1.90 bits per heavy atom. The van der Waals surface area contributed by atoms with Gasteiger partial charge in [0.1, 0.15) is 17.1 Å². The molecule has 0 spiro atoms. The Balaban J connectivity index is 2.04. The van der Waals surface area contributed by atoms with E-state index in [2.05, 4.69) is 5.10 Å². The van der Waals surface area contributed by atoms with Gasteiger partial charge < -0.3 is 4.90 Å². The number of halogens is 4. The first kappa shape index (κ1) is 21.3. The quantitative estimate of drug-likeness (QED) is 0.602. The highest BCUT2D eigenvalue weighted by Crippen LogP contribution is 2.32. The number of nitrogens with zero attached hydrogens (tertiary/aromatic N) is 3. The number of amides is 1. The molecule has 1 aromatic heterocycles. The molecule has 8 heteroatoms.